The van der Waals surface area contributed by atoms with Gasteiger partial charge in [0.25, 0.3) is 5.56 Å². The predicted octanol–water partition coefficient (Wildman–Crippen LogP) is 5.14. The fourth-order valence-corrected chi connectivity index (χ4v) is 7.34. The van der Waals surface area contributed by atoms with Crippen molar-refractivity contribution < 1.29 is 14.3 Å². The Labute approximate surface area is 304 Å². The average molecular weight is 727 g/mol. The highest BCUT2D eigenvalue weighted by Crippen LogP contribution is 2.42. The summed E-state index contributed by atoms with van der Waals surface area (Å²) in [5.41, 5.74) is 6.25. The zero-order valence-electron chi connectivity index (χ0n) is 28.0. The van der Waals surface area contributed by atoms with Gasteiger partial charge in [-0.15, -0.1) is 0 Å². The Hall–Kier alpha value is -4.81. The third kappa shape index (κ3) is 7.48. The second-order valence-electron chi connectivity index (χ2n) is 12.8. The van der Waals surface area contributed by atoms with Gasteiger partial charge in [-0.25, -0.2) is 4.98 Å². The number of aromatic nitrogens is 3. The molecule has 11 nitrogen and oxygen atoms in total. The molecule has 2 amide bonds. The molecule has 0 radical (unpaired) electrons. The number of nitrogens with zero attached hydrogens (tertiary/aromatic N) is 3. The van der Waals surface area contributed by atoms with Crippen LogP contribution in [0.4, 0.5) is 0 Å². The quantitative estimate of drug-likeness (QED) is 0.139. The first kappa shape index (κ1) is 34.6. The third-order valence-electron chi connectivity index (χ3n) is 9.41. The number of hydrogen-bond acceptors (Lipinski definition) is 8. The number of hydrogen-bond donors (Lipinski definition) is 4. The van der Waals surface area contributed by atoms with Gasteiger partial charge < -0.3 is 26.0 Å². The molecular formula is C38H37Cl2N7O4. The Bertz CT molecular complexity index is 2190. The van der Waals surface area contributed by atoms with Gasteiger partial charge in [-0.1, -0.05) is 53.5 Å². The molecule has 51 heavy (non-hydrogen) atoms. The van der Waals surface area contributed by atoms with Gasteiger partial charge in [0.2, 0.25) is 11.8 Å². The van der Waals surface area contributed by atoms with E-state index >= 15 is 0 Å². The van der Waals surface area contributed by atoms with Crippen LogP contribution in [0.1, 0.15) is 36.8 Å². The average Bonchev–Trinajstić information content (AvgIpc) is 3.76. The van der Waals surface area contributed by atoms with Crippen LogP contribution in [0, 0.1) is 0 Å². The van der Waals surface area contributed by atoms with Crippen LogP contribution in [0.5, 0.6) is 5.75 Å². The lowest BCUT2D eigenvalue weighted by molar-refractivity contribution is -0.120. The Kier molecular flexibility index (Phi) is 10.3. The molecule has 262 valence electrons. The number of carbonyl (C=O) groups excluding carboxylic acids is 2. The molecule has 3 aromatic heterocycles. The smallest absolute Gasteiger partial charge is 0.262 e. The first-order valence-electron chi connectivity index (χ1n) is 16.9. The van der Waals surface area contributed by atoms with Crippen molar-refractivity contribution in [1.82, 2.24) is 35.6 Å². The van der Waals surface area contributed by atoms with Crippen molar-refractivity contribution in [2.75, 3.05) is 20.2 Å². The number of fused-ring (bicyclic) bond motifs is 1. The molecule has 0 spiro atoms. The highest BCUT2D eigenvalue weighted by Gasteiger charge is 2.22. The van der Waals surface area contributed by atoms with E-state index in [2.05, 4.69) is 31.2 Å². The number of methoxy groups -OCH3 is 1. The largest absolute Gasteiger partial charge is 0.496 e. The number of benzene rings is 2. The highest BCUT2D eigenvalue weighted by atomic mass is 35.5. The van der Waals surface area contributed by atoms with E-state index in [9.17, 15) is 14.4 Å². The number of amides is 2. The third-order valence-corrected chi connectivity index (χ3v) is 10.2. The van der Waals surface area contributed by atoms with Crippen LogP contribution < -0.4 is 31.6 Å². The van der Waals surface area contributed by atoms with E-state index in [1.807, 2.05) is 54.6 Å². The zero-order valence-corrected chi connectivity index (χ0v) is 29.5. The standard InChI is InChI=1S/C38H37Cl2N7O4/c1-51-31-15-23(5-6-24(31)17-41-20-26-7-9-33(48)45-26)37-36(40)30(11-13-43-37)29-4-2-3-28(35(29)39)22-12-14-47-32(16-22)44-19-25(38(47)50)18-42-21-27-8-10-34(49)46-27/h2-6,11-16,19,26-27,41-42H,7-10,17-18,20-21H2,1H3,(H,45,48)(H,46,49). The van der Waals surface area contributed by atoms with E-state index in [-0.39, 0.29) is 29.5 Å². The molecule has 2 aliphatic heterocycles. The van der Waals surface area contributed by atoms with Crippen molar-refractivity contribution >= 4 is 40.7 Å². The van der Waals surface area contributed by atoms with Gasteiger partial charge in [0.15, 0.2) is 0 Å². The van der Waals surface area contributed by atoms with Gasteiger partial charge in [0, 0.05) is 103 Å². The summed E-state index contributed by atoms with van der Waals surface area (Å²) in [5.74, 6) is 0.857. The molecule has 2 fully saturated rings. The van der Waals surface area contributed by atoms with Gasteiger partial charge in [0.1, 0.15) is 11.4 Å². The Morgan fingerprint density at radius 1 is 0.804 bits per heavy atom. The molecule has 2 aliphatic rings. The van der Waals surface area contributed by atoms with Crippen molar-refractivity contribution in [3.05, 3.63) is 105 Å². The number of carbonyl (C=O) groups is 2. The van der Waals surface area contributed by atoms with Crippen molar-refractivity contribution in [1.29, 1.82) is 0 Å². The molecule has 2 atom stereocenters. The van der Waals surface area contributed by atoms with Crippen LogP contribution >= 0.6 is 23.2 Å². The van der Waals surface area contributed by atoms with E-state index in [1.54, 1.807) is 25.7 Å². The van der Waals surface area contributed by atoms with Crippen molar-refractivity contribution in [2.45, 2.75) is 50.9 Å². The normalized spacial score (nSPS) is 17.2. The molecule has 5 heterocycles. The molecule has 0 bridgehead atoms. The van der Waals surface area contributed by atoms with Crippen LogP contribution in [-0.4, -0.2) is 58.5 Å². The summed E-state index contributed by atoms with van der Waals surface area (Å²) >= 11 is 14.2. The molecule has 0 saturated carbocycles. The molecule has 2 aromatic carbocycles. The molecule has 4 N–H and O–H groups in total. The fraction of sp³-hybridized carbons (Fsp3) is 0.289. The molecule has 5 aromatic rings. The topological polar surface area (TPSA) is 139 Å². The van der Waals surface area contributed by atoms with E-state index in [4.69, 9.17) is 27.9 Å². The summed E-state index contributed by atoms with van der Waals surface area (Å²) in [6, 6.07) is 17.4. The summed E-state index contributed by atoms with van der Waals surface area (Å²) in [4.78, 5) is 45.4. The minimum absolute atomic E-state index is 0.0604. The number of rotatable bonds is 12. The van der Waals surface area contributed by atoms with Crippen LogP contribution in [0.25, 0.3) is 39.2 Å². The maximum atomic E-state index is 13.3. The first-order chi connectivity index (χ1) is 24.8. The van der Waals surface area contributed by atoms with Gasteiger partial charge in [-0.05, 0) is 42.7 Å². The summed E-state index contributed by atoms with van der Waals surface area (Å²) in [7, 11) is 1.63. The van der Waals surface area contributed by atoms with E-state index in [0.29, 0.717) is 71.7 Å². The van der Waals surface area contributed by atoms with E-state index < -0.39 is 0 Å². The Balaban J connectivity index is 1.10. The molecule has 13 heteroatoms. The SMILES string of the molecule is COc1cc(-c2nccc(-c3cccc(-c4ccn5c(=O)c(CNCC6CCC(=O)N6)cnc5c4)c3Cl)c2Cl)ccc1CNCC1CCC(=O)N1. The molecule has 0 aliphatic carbocycles. The van der Waals surface area contributed by atoms with Gasteiger partial charge >= 0.3 is 0 Å². The van der Waals surface area contributed by atoms with Crippen LogP contribution in [0.15, 0.2) is 78.0 Å². The van der Waals surface area contributed by atoms with E-state index in [0.717, 1.165) is 46.2 Å². The number of nitrogens with one attached hydrogen (secondary N) is 4. The summed E-state index contributed by atoms with van der Waals surface area (Å²) in [6.45, 7) is 2.21. The van der Waals surface area contributed by atoms with Crippen LogP contribution in [0.2, 0.25) is 10.0 Å². The molecular weight excluding hydrogens is 689 g/mol. The van der Waals surface area contributed by atoms with Crippen molar-refractivity contribution in [2.24, 2.45) is 0 Å². The van der Waals surface area contributed by atoms with Crippen LogP contribution in [0.3, 0.4) is 0 Å². The predicted molar refractivity (Wildman–Crippen MR) is 198 cm³/mol. The highest BCUT2D eigenvalue weighted by molar-refractivity contribution is 6.39. The minimum atomic E-state index is -0.162. The lowest BCUT2D eigenvalue weighted by Crippen LogP contribution is -2.36. The minimum Gasteiger partial charge on any atom is -0.496 e. The van der Waals surface area contributed by atoms with E-state index in [1.165, 1.54) is 4.40 Å². The van der Waals surface area contributed by atoms with Crippen molar-refractivity contribution in [3.63, 3.8) is 0 Å². The second kappa shape index (κ2) is 15.2. The Morgan fingerprint density at radius 3 is 2.18 bits per heavy atom. The maximum absolute atomic E-state index is 13.3. The Morgan fingerprint density at radius 2 is 1.49 bits per heavy atom. The number of ether oxygens (including phenoxy) is 1. The molecule has 2 saturated heterocycles. The summed E-state index contributed by atoms with van der Waals surface area (Å²) < 4.78 is 7.25. The monoisotopic (exact) mass is 725 g/mol. The van der Waals surface area contributed by atoms with Crippen LogP contribution in [-0.2, 0) is 22.7 Å². The lowest BCUT2D eigenvalue weighted by Gasteiger charge is -2.16. The lowest BCUT2D eigenvalue weighted by atomic mass is 9.98. The number of pyridine rings is 2. The van der Waals surface area contributed by atoms with Gasteiger partial charge in [-0.2, -0.15) is 0 Å². The van der Waals surface area contributed by atoms with Gasteiger partial charge in [0.05, 0.1) is 22.8 Å². The second-order valence-corrected chi connectivity index (χ2v) is 13.6. The van der Waals surface area contributed by atoms with Gasteiger partial charge in [-0.3, -0.25) is 23.8 Å². The molecule has 2 unspecified atom stereocenters. The number of halogens is 2. The maximum Gasteiger partial charge on any atom is 0.262 e. The summed E-state index contributed by atoms with van der Waals surface area (Å²) in [6.07, 6.45) is 7.73. The first-order valence-corrected chi connectivity index (χ1v) is 17.7. The fourth-order valence-electron chi connectivity index (χ4n) is 6.68. The molecule has 7 rings (SSSR count). The van der Waals surface area contributed by atoms with Crippen molar-refractivity contribution in [3.8, 4) is 39.3 Å². The zero-order chi connectivity index (χ0) is 35.5. The summed E-state index contributed by atoms with van der Waals surface area (Å²) in [5, 5.41) is 13.5.